The van der Waals surface area contributed by atoms with Crippen LogP contribution in [0.2, 0.25) is 0 Å². The Labute approximate surface area is 163 Å². The monoisotopic (exact) mass is 388 g/mol. The molecule has 0 aliphatic carbocycles. The molecule has 8 heteroatoms. The van der Waals surface area contributed by atoms with E-state index in [0.29, 0.717) is 32.5 Å². The average molecular weight is 388 g/mol. The highest BCUT2D eigenvalue weighted by molar-refractivity contribution is 5.80. The van der Waals surface area contributed by atoms with Crippen LogP contribution in [0.5, 0.6) is 0 Å². The van der Waals surface area contributed by atoms with Crippen molar-refractivity contribution in [2.45, 2.75) is 39.2 Å². The summed E-state index contributed by atoms with van der Waals surface area (Å²) in [5.74, 6) is -0.414. The topological polar surface area (TPSA) is 96.5 Å². The Morgan fingerprint density at radius 3 is 2.79 bits per heavy atom. The van der Waals surface area contributed by atoms with Gasteiger partial charge in [0.2, 0.25) is 0 Å². The Morgan fingerprint density at radius 2 is 2.11 bits per heavy atom. The van der Waals surface area contributed by atoms with Crippen LogP contribution in [0, 0.1) is 5.41 Å². The summed E-state index contributed by atoms with van der Waals surface area (Å²) in [4.78, 5) is 38.4. The first-order valence-electron chi connectivity index (χ1n) is 9.59. The van der Waals surface area contributed by atoms with Gasteiger partial charge in [-0.15, -0.1) is 0 Å². The molecule has 1 amide bonds. The highest BCUT2D eigenvalue weighted by Gasteiger charge is 2.44. The first-order valence-corrected chi connectivity index (χ1v) is 9.59. The molecule has 1 atom stereocenters. The molecule has 1 N–H and O–H groups in total. The molecule has 3 rings (SSSR count). The van der Waals surface area contributed by atoms with E-state index in [1.165, 1.54) is 10.9 Å². The lowest BCUT2D eigenvalue weighted by molar-refractivity contribution is -0.751. The molecule has 0 spiro atoms. The summed E-state index contributed by atoms with van der Waals surface area (Å²) in [5.41, 5.74) is -0.106. The summed E-state index contributed by atoms with van der Waals surface area (Å²) in [6, 6.07) is 9.99. The van der Waals surface area contributed by atoms with Crippen LogP contribution < -0.4 is 10.3 Å². The fourth-order valence-corrected chi connectivity index (χ4v) is 3.74. The van der Waals surface area contributed by atoms with Crippen LogP contribution in [-0.2, 0) is 27.3 Å². The SMILES string of the molecule is CCOC(=O)C1(CCc2ccccc2)CCCN(C(=O)C[n+]2cc(=O)o[nH]2)C1. The average Bonchev–Trinajstić information content (AvgIpc) is 3.12. The summed E-state index contributed by atoms with van der Waals surface area (Å²) < 4.78 is 11.3. The fourth-order valence-electron chi connectivity index (χ4n) is 3.74. The Morgan fingerprint density at radius 1 is 1.32 bits per heavy atom. The second-order valence-corrected chi connectivity index (χ2v) is 7.17. The third-order valence-corrected chi connectivity index (χ3v) is 5.20. The molecule has 1 saturated heterocycles. The van der Waals surface area contributed by atoms with Crippen LogP contribution in [0.15, 0.2) is 45.8 Å². The summed E-state index contributed by atoms with van der Waals surface area (Å²) in [7, 11) is 0. The number of carbonyl (C=O) groups is 2. The molecule has 0 radical (unpaired) electrons. The second kappa shape index (κ2) is 8.86. The van der Waals surface area contributed by atoms with E-state index in [1.54, 1.807) is 11.8 Å². The Hall–Kier alpha value is -2.90. The lowest BCUT2D eigenvalue weighted by Gasteiger charge is -2.40. The number of piperidine rings is 1. The van der Waals surface area contributed by atoms with Crippen LogP contribution >= 0.6 is 0 Å². The van der Waals surface area contributed by atoms with Gasteiger partial charge in [0.05, 0.1) is 12.0 Å². The van der Waals surface area contributed by atoms with Crippen molar-refractivity contribution in [3.8, 4) is 0 Å². The van der Waals surface area contributed by atoms with Crippen LogP contribution in [0.25, 0.3) is 0 Å². The second-order valence-electron chi connectivity index (χ2n) is 7.17. The number of nitrogens with one attached hydrogen (secondary N) is 1. The maximum absolute atomic E-state index is 12.8. The van der Waals surface area contributed by atoms with Gasteiger partial charge in [0.25, 0.3) is 18.6 Å². The summed E-state index contributed by atoms with van der Waals surface area (Å²) >= 11 is 0. The molecular formula is C20H26N3O5+. The minimum atomic E-state index is -0.714. The number of amides is 1. The van der Waals surface area contributed by atoms with E-state index in [9.17, 15) is 14.4 Å². The normalized spacial score (nSPS) is 19.4. The number of esters is 1. The van der Waals surface area contributed by atoms with Gasteiger partial charge >= 0.3 is 11.6 Å². The summed E-state index contributed by atoms with van der Waals surface area (Å²) in [5, 5.41) is 2.38. The molecular weight excluding hydrogens is 362 g/mol. The zero-order valence-corrected chi connectivity index (χ0v) is 16.1. The van der Waals surface area contributed by atoms with Gasteiger partial charge in [0, 0.05) is 13.1 Å². The number of hydrogen-bond donors (Lipinski definition) is 1. The zero-order valence-electron chi connectivity index (χ0n) is 16.1. The lowest BCUT2D eigenvalue weighted by Crippen LogP contribution is -2.54. The van der Waals surface area contributed by atoms with Gasteiger partial charge in [-0.2, -0.15) is 0 Å². The number of hydrogen-bond acceptors (Lipinski definition) is 5. The van der Waals surface area contributed by atoms with E-state index in [4.69, 9.17) is 4.74 Å². The van der Waals surface area contributed by atoms with Crippen molar-refractivity contribution in [1.82, 2.24) is 10.2 Å². The van der Waals surface area contributed by atoms with Gasteiger partial charge in [-0.1, -0.05) is 35.0 Å². The Bertz CT molecular complexity index is 860. The number of aromatic nitrogens is 2. The molecule has 28 heavy (non-hydrogen) atoms. The van der Waals surface area contributed by atoms with Crippen LogP contribution in [0.3, 0.4) is 0 Å². The number of aromatic amines is 1. The van der Waals surface area contributed by atoms with E-state index >= 15 is 0 Å². The Balaban J connectivity index is 1.73. The highest BCUT2D eigenvalue weighted by Crippen LogP contribution is 2.36. The molecule has 1 fully saturated rings. The van der Waals surface area contributed by atoms with Crippen LogP contribution in [-0.4, -0.2) is 41.7 Å². The molecule has 1 aromatic carbocycles. The van der Waals surface area contributed by atoms with Crippen LogP contribution in [0.4, 0.5) is 0 Å². The third kappa shape index (κ3) is 4.68. The van der Waals surface area contributed by atoms with Crippen molar-refractivity contribution in [2.24, 2.45) is 5.41 Å². The smallest absolute Gasteiger partial charge is 0.426 e. The van der Waals surface area contributed by atoms with Gasteiger partial charge < -0.3 is 9.64 Å². The van der Waals surface area contributed by atoms with Crippen molar-refractivity contribution in [1.29, 1.82) is 0 Å². The van der Waals surface area contributed by atoms with Gasteiger partial charge in [-0.05, 0) is 43.4 Å². The van der Waals surface area contributed by atoms with E-state index in [-0.39, 0.29) is 18.4 Å². The highest BCUT2D eigenvalue weighted by atomic mass is 16.5. The number of ether oxygens (including phenoxy) is 1. The molecule has 1 aliphatic rings. The third-order valence-electron chi connectivity index (χ3n) is 5.20. The van der Waals surface area contributed by atoms with E-state index in [2.05, 4.69) is 9.79 Å². The summed E-state index contributed by atoms with van der Waals surface area (Å²) in [6.45, 7) is 2.96. The van der Waals surface area contributed by atoms with Crippen molar-refractivity contribution >= 4 is 11.9 Å². The lowest BCUT2D eigenvalue weighted by atomic mass is 9.75. The van der Waals surface area contributed by atoms with Gasteiger partial charge in [0.15, 0.2) is 0 Å². The standard InChI is InChI=1S/C20H25N3O5/c1-2-27-19(26)20(11-9-16-7-4-3-5-8-16)10-6-12-22(15-20)17(24)13-23-14-18(25)28-21-23/h3-5,7-8,14H,2,6,9-13,15H2,1H3/p+1. The first-order chi connectivity index (χ1) is 13.5. The predicted molar refractivity (Wildman–Crippen MR) is 99.2 cm³/mol. The molecule has 1 aliphatic heterocycles. The molecule has 0 bridgehead atoms. The number of aryl methyl sites for hydroxylation is 1. The minimum absolute atomic E-state index is 0.0384. The molecule has 150 valence electrons. The van der Waals surface area contributed by atoms with E-state index in [0.717, 1.165) is 18.4 Å². The van der Waals surface area contributed by atoms with Crippen molar-refractivity contribution < 1.29 is 23.5 Å². The maximum Gasteiger partial charge on any atom is 0.426 e. The predicted octanol–water partition coefficient (Wildman–Crippen LogP) is 1.06. The minimum Gasteiger partial charge on any atom is -0.466 e. The number of likely N-dealkylation sites (tertiary alicyclic amines) is 1. The molecule has 1 aromatic heterocycles. The number of rotatable bonds is 7. The fraction of sp³-hybridized carbons (Fsp3) is 0.500. The van der Waals surface area contributed by atoms with Gasteiger partial charge in [-0.25, -0.2) is 4.79 Å². The van der Waals surface area contributed by atoms with Crippen molar-refractivity contribution in [2.75, 3.05) is 19.7 Å². The molecule has 2 heterocycles. The van der Waals surface area contributed by atoms with Gasteiger partial charge in [0.1, 0.15) is 0 Å². The molecule has 8 nitrogen and oxygen atoms in total. The number of benzene rings is 1. The van der Waals surface area contributed by atoms with Gasteiger partial charge in [-0.3, -0.25) is 14.1 Å². The van der Waals surface area contributed by atoms with Crippen molar-refractivity contribution in [3.63, 3.8) is 0 Å². The van der Waals surface area contributed by atoms with Crippen molar-refractivity contribution in [3.05, 3.63) is 52.5 Å². The Kier molecular flexibility index (Phi) is 6.28. The zero-order chi connectivity index (χ0) is 20.0. The van der Waals surface area contributed by atoms with Crippen LogP contribution in [0.1, 0.15) is 31.7 Å². The number of nitrogens with zero attached hydrogens (tertiary/aromatic N) is 2. The van der Waals surface area contributed by atoms with E-state index in [1.807, 2.05) is 30.3 Å². The molecule has 1 unspecified atom stereocenters. The quantitative estimate of drug-likeness (QED) is 0.565. The van der Waals surface area contributed by atoms with E-state index < -0.39 is 11.0 Å². The summed E-state index contributed by atoms with van der Waals surface area (Å²) in [6.07, 6.45) is 3.97. The first kappa shape index (κ1) is 19.9. The molecule has 0 saturated carbocycles. The number of carbonyl (C=O) groups excluding carboxylic acids is 2. The maximum atomic E-state index is 12.8. The largest absolute Gasteiger partial charge is 0.466 e. The number of H-pyrrole nitrogens is 1. The molecule has 2 aromatic rings.